The zero-order valence-corrected chi connectivity index (χ0v) is 9.37. The molecule has 0 fully saturated rings. The molecule has 0 saturated carbocycles. The van der Waals surface area contributed by atoms with Gasteiger partial charge in [0.25, 0.3) is 0 Å². The third-order valence-corrected chi connectivity index (χ3v) is 2.10. The van der Waals surface area contributed by atoms with Gasteiger partial charge in [-0.15, -0.1) is 0 Å². The molecule has 15 heavy (non-hydrogen) atoms. The van der Waals surface area contributed by atoms with Crippen molar-refractivity contribution in [3.8, 4) is 11.8 Å². The zero-order chi connectivity index (χ0) is 11.3. The molecule has 1 aromatic carbocycles. The topological polar surface area (TPSA) is 45.0 Å². The Kier molecular flexibility index (Phi) is 4.14. The number of methoxy groups -OCH3 is 1. The summed E-state index contributed by atoms with van der Waals surface area (Å²) in [7, 11) is 1.58. The van der Waals surface area contributed by atoms with Crippen LogP contribution in [0.4, 0.5) is 0 Å². The van der Waals surface area contributed by atoms with Crippen molar-refractivity contribution in [1.29, 1.82) is 5.26 Å². The number of nitrogens with zero attached hydrogens (tertiary/aromatic N) is 1. The average Bonchev–Trinajstić information content (AvgIpc) is 2.25. The minimum Gasteiger partial charge on any atom is -0.495 e. The van der Waals surface area contributed by atoms with Crippen molar-refractivity contribution < 1.29 is 4.74 Å². The van der Waals surface area contributed by atoms with Crippen LogP contribution in [0.1, 0.15) is 25.0 Å². The van der Waals surface area contributed by atoms with Crippen molar-refractivity contribution in [2.75, 3.05) is 7.11 Å². The van der Waals surface area contributed by atoms with Crippen molar-refractivity contribution in [1.82, 2.24) is 5.32 Å². The van der Waals surface area contributed by atoms with Gasteiger partial charge in [0.2, 0.25) is 0 Å². The first kappa shape index (κ1) is 11.5. The van der Waals surface area contributed by atoms with Gasteiger partial charge in [0, 0.05) is 12.6 Å². The van der Waals surface area contributed by atoms with Crippen LogP contribution in [-0.4, -0.2) is 13.2 Å². The van der Waals surface area contributed by atoms with Gasteiger partial charge in [-0.1, -0.05) is 19.9 Å². The van der Waals surface area contributed by atoms with Crippen molar-refractivity contribution in [2.45, 2.75) is 26.4 Å². The Morgan fingerprint density at radius 1 is 1.47 bits per heavy atom. The van der Waals surface area contributed by atoms with Gasteiger partial charge in [0.1, 0.15) is 11.8 Å². The van der Waals surface area contributed by atoms with Gasteiger partial charge in [0.05, 0.1) is 12.7 Å². The smallest absolute Gasteiger partial charge is 0.136 e. The van der Waals surface area contributed by atoms with Crippen LogP contribution in [0, 0.1) is 11.3 Å². The summed E-state index contributed by atoms with van der Waals surface area (Å²) in [4.78, 5) is 0. The lowest BCUT2D eigenvalue weighted by atomic mass is 10.1. The molecule has 0 unspecified atom stereocenters. The minimum absolute atomic E-state index is 0.451. The van der Waals surface area contributed by atoms with Crippen LogP contribution in [0.2, 0.25) is 0 Å². The molecule has 1 N–H and O–H groups in total. The molecular formula is C12H16N2O. The first-order valence-electron chi connectivity index (χ1n) is 4.97. The molecule has 0 saturated heterocycles. The molecule has 0 heterocycles. The molecule has 80 valence electrons. The van der Waals surface area contributed by atoms with Gasteiger partial charge >= 0.3 is 0 Å². The Labute approximate surface area is 90.7 Å². The largest absolute Gasteiger partial charge is 0.495 e. The maximum absolute atomic E-state index is 8.81. The number of nitrogens with one attached hydrogen (secondary N) is 1. The van der Waals surface area contributed by atoms with E-state index in [2.05, 4.69) is 25.2 Å². The second-order valence-electron chi connectivity index (χ2n) is 3.68. The Hall–Kier alpha value is -1.53. The van der Waals surface area contributed by atoms with E-state index in [0.717, 1.165) is 12.1 Å². The molecule has 0 aliphatic carbocycles. The number of benzene rings is 1. The van der Waals surface area contributed by atoms with E-state index in [1.54, 1.807) is 13.2 Å². The van der Waals surface area contributed by atoms with E-state index in [1.807, 2.05) is 12.1 Å². The maximum atomic E-state index is 8.81. The lowest BCUT2D eigenvalue weighted by Gasteiger charge is -2.09. The van der Waals surface area contributed by atoms with E-state index in [1.165, 1.54) is 0 Å². The van der Waals surface area contributed by atoms with Crippen LogP contribution in [0.25, 0.3) is 0 Å². The zero-order valence-electron chi connectivity index (χ0n) is 9.37. The normalized spacial score (nSPS) is 10.1. The fourth-order valence-corrected chi connectivity index (χ4v) is 1.26. The van der Waals surface area contributed by atoms with E-state index in [-0.39, 0.29) is 0 Å². The predicted octanol–water partition coefficient (Wildman–Crippen LogP) is 2.06. The Morgan fingerprint density at radius 2 is 2.20 bits per heavy atom. The number of ether oxygens (including phenoxy) is 1. The van der Waals surface area contributed by atoms with Crippen molar-refractivity contribution in [3.05, 3.63) is 29.3 Å². The van der Waals surface area contributed by atoms with E-state index in [9.17, 15) is 0 Å². The maximum Gasteiger partial charge on any atom is 0.136 e. The highest BCUT2D eigenvalue weighted by Gasteiger charge is 2.03. The van der Waals surface area contributed by atoms with Gasteiger partial charge in [-0.3, -0.25) is 0 Å². The number of hydrogen-bond acceptors (Lipinski definition) is 3. The van der Waals surface area contributed by atoms with Crippen LogP contribution in [0.3, 0.4) is 0 Å². The summed E-state index contributed by atoms with van der Waals surface area (Å²) in [5.74, 6) is 0.639. The summed E-state index contributed by atoms with van der Waals surface area (Å²) in [5, 5.41) is 12.1. The molecule has 0 bridgehead atoms. The van der Waals surface area contributed by atoms with Gasteiger partial charge in [-0.2, -0.15) is 5.26 Å². The number of nitriles is 1. The molecule has 3 heteroatoms. The van der Waals surface area contributed by atoms with Crippen LogP contribution in [0.5, 0.6) is 5.75 Å². The predicted molar refractivity (Wildman–Crippen MR) is 59.7 cm³/mol. The summed E-state index contributed by atoms with van der Waals surface area (Å²) < 4.78 is 5.13. The summed E-state index contributed by atoms with van der Waals surface area (Å²) in [6.07, 6.45) is 0. The Morgan fingerprint density at radius 3 is 2.73 bits per heavy atom. The fraction of sp³-hybridized carbons (Fsp3) is 0.417. The Bertz CT molecular complexity index is 366. The fourth-order valence-electron chi connectivity index (χ4n) is 1.26. The number of hydrogen-bond donors (Lipinski definition) is 1. The third-order valence-electron chi connectivity index (χ3n) is 2.10. The number of rotatable bonds is 4. The van der Waals surface area contributed by atoms with Gasteiger partial charge in [-0.25, -0.2) is 0 Å². The molecule has 0 radical (unpaired) electrons. The first-order chi connectivity index (χ1) is 7.17. The SMILES string of the molecule is COc1cc(CNC(C)C)ccc1C#N. The lowest BCUT2D eigenvalue weighted by molar-refractivity contribution is 0.412. The second-order valence-corrected chi connectivity index (χ2v) is 3.68. The molecule has 3 nitrogen and oxygen atoms in total. The van der Waals surface area contributed by atoms with E-state index in [4.69, 9.17) is 10.00 Å². The van der Waals surface area contributed by atoms with Gasteiger partial charge in [-0.05, 0) is 17.7 Å². The molecule has 0 aliphatic rings. The van der Waals surface area contributed by atoms with Gasteiger partial charge < -0.3 is 10.1 Å². The molecular weight excluding hydrogens is 188 g/mol. The standard InChI is InChI=1S/C12H16N2O/c1-9(2)14-8-10-4-5-11(7-13)12(6-10)15-3/h4-6,9,14H,8H2,1-3H3. The molecule has 0 spiro atoms. The van der Waals surface area contributed by atoms with Crippen molar-refractivity contribution in [2.24, 2.45) is 0 Å². The van der Waals surface area contributed by atoms with Gasteiger partial charge in [0.15, 0.2) is 0 Å². The minimum atomic E-state index is 0.451. The van der Waals surface area contributed by atoms with E-state index >= 15 is 0 Å². The van der Waals surface area contributed by atoms with Crippen molar-refractivity contribution in [3.63, 3.8) is 0 Å². The average molecular weight is 204 g/mol. The molecule has 0 amide bonds. The summed E-state index contributed by atoms with van der Waals surface area (Å²) in [5.41, 5.74) is 1.70. The van der Waals surface area contributed by atoms with Crippen LogP contribution >= 0.6 is 0 Å². The van der Waals surface area contributed by atoms with E-state index in [0.29, 0.717) is 17.4 Å². The molecule has 1 rings (SSSR count). The van der Waals surface area contributed by atoms with Crippen LogP contribution in [0.15, 0.2) is 18.2 Å². The van der Waals surface area contributed by atoms with Crippen LogP contribution in [-0.2, 0) is 6.54 Å². The highest BCUT2D eigenvalue weighted by molar-refractivity contribution is 5.45. The van der Waals surface area contributed by atoms with Crippen molar-refractivity contribution >= 4 is 0 Å². The first-order valence-corrected chi connectivity index (χ1v) is 4.97. The Balaban J connectivity index is 2.80. The highest BCUT2D eigenvalue weighted by atomic mass is 16.5. The van der Waals surface area contributed by atoms with E-state index < -0.39 is 0 Å². The third kappa shape index (κ3) is 3.26. The summed E-state index contributed by atoms with van der Waals surface area (Å²) in [6, 6.07) is 8.17. The molecule has 0 aliphatic heterocycles. The van der Waals surface area contributed by atoms with Crippen LogP contribution < -0.4 is 10.1 Å². The molecule has 0 atom stereocenters. The molecule has 1 aromatic rings. The lowest BCUT2D eigenvalue weighted by Crippen LogP contribution is -2.21. The monoisotopic (exact) mass is 204 g/mol. The highest BCUT2D eigenvalue weighted by Crippen LogP contribution is 2.19. The molecule has 0 aromatic heterocycles. The summed E-state index contributed by atoms with van der Waals surface area (Å²) >= 11 is 0. The second kappa shape index (κ2) is 5.38. The quantitative estimate of drug-likeness (QED) is 0.816. The summed E-state index contributed by atoms with van der Waals surface area (Å²) in [6.45, 7) is 4.99.